The zero-order valence-electron chi connectivity index (χ0n) is 30.1. The summed E-state index contributed by atoms with van der Waals surface area (Å²) in [6.45, 7) is 0. The van der Waals surface area contributed by atoms with Crippen LogP contribution in [-0.4, -0.2) is 4.57 Å². The van der Waals surface area contributed by atoms with Gasteiger partial charge >= 0.3 is 0 Å². The normalized spacial score (nSPS) is 15.9. The molecule has 2 aromatic heterocycles. The van der Waals surface area contributed by atoms with Crippen LogP contribution in [-0.2, 0) is 0 Å². The van der Waals surface area contributed by atoms with Crippen LogP contribution in [0.5, 0.6) is 0 Å². The largest absolute Gasteiger partial charge is 0.309 e. The Bertz CT molecular complexity index is 3300. The van der Waals surface area contributed by atoms with Crippen molar-refractivity contribution in [3.05, 3.63) is 209 Å². The van der Waals surface area contributed by atoms with Crippen LogP contribution in [0.1, 0.15) is 40.5 Å². The fraction of sp³-hybridized carbons (Fsp3) is 0.0566. The molecule has 10 aromatic rings. The Morgan fingerprint density at radius 3 is 2.20 bits per heavy atom. The fourth-order valence-electron chi connectivity index (χ4n) is 9.82. The Kier molecular flexibility index (Phi) is 6.76. The SMILES string of the molecule is C1=c2c(n(-c3cccc4ccccc34)c3ccccc23)=CCC1c1cc2c(c3c1sc1ccccc13)C(c1cccc(-c3ccccc3)c1)c1ccccc1-2. The lowest BCUT2D eigenvalue weighted by Gasteiger charge is -2.20. The van der Waals surface area contributed by atoms with Gasteiger partial charge in [-0.15, -0.1) is 11.3 Å². The molecule has 0 saturated carbocycles. The van der Waals surface area contributed by atoms with Crippen LogP contribution in [0.4, 0.5) is 0 Å². The first kappa shape index (κ1) is 30.9. The molecule has 1 nitrogen and oxygen atoms in total. The predicted octanol–water partition coefficient (Wildman–Crippen LogP) is 12.7. The Morgan fingerprint density at radius 2 is 1.27 bits per heavy atom. The maximum absolute atomic E-state index is 2.59. The number of hydrogen-bond acceptors (Lipinski definition) is 1. The molecular weight excluding hydrogens is 683 g/mol. The molecule has 0 aliphatic heterocycles. The zero-order chi connectivity index (χ0) is 36.0. The van der Waals surface area contributed by atoms with E-state index in [1.54, 1.807) is 0 Å². The molecule has 0 radical (unpaired) electrons. The minimum atomic E-state index is 0.150. The smallest absolute Gasteiger partial charge is 0.0541 e. The molecule has 8 aromatic carbocycles. The standard InChI is InChI=1S/C53H35NS/c1-2-14-33(15-3-1)35-18-12-19-37(30-35)50-41-23-7-6-21-39(41)45-32-43(53-52(51(45)50)42-24-9-11-27-49(42)55-53)36-28-29-48-44(31-36)40-22-8-10-25-47(40)54(48)46-26-13-17-34-16-4-5-20-38(34)46/h1-27,29-32,36,50H,28H2. The monoisotopic (exact) mass is 717 g/mol. The third-order valence-corrected chi connectivity index (χ3v) is 13.4. The van der Waals surface area contributed by atoms with Crippen molar-refractivity contribution in [2.75, 3.05) is 0 Å². The number of para-hydroxylation sites is 1. The molecule has 2 atom stereocenters. The number of aromatic nitrogens is 1. The Hall–Kier alpha value is -6.48. The van der Waals surface area contributed by atoms with Gasteiger partial charge in [-0.05, 0) is 80.6 Å². The van der Waals surface area contributed by atoms with Crippen molar-refractivity contribution >= 4 is 65.3 Å². The van der Waals surface area contributed by atoms with Gasteiger partial charge < -0.3 is 4.57 Å². The minimum absolute atomic E-state index is 0.150. The van der Waals surface area contributed by atoms with E-state index < -0.39 is 0 Å². The van der Waals surface area contributed by atoms with Gasteiger partial charge in [-0.2, -0.15) is 0 Å². The van der Waals surface area contributed by atoms with Crippen molar-refractivity contribution in [3.8, 4) is 27.9 Å². The lowest BCUT2D eigenvalue weighted by molar-refractivity contribution is 0.917. The summed E-state index contributed by atoms with van der Waals surface area (Å²) in [7, 11) is 0. The number of thiophene rings is 1. The summed E-state index contributed by atoms with van der Waals surface area (Å²) < 4.78 is 5.28. The minimum Gasteiger partial charge on any atom is -0.309 e. The Labute approximate surface area is 323 Å². The summed E-state index contributed by atoms with van der Waals surface area (Å²) in [5, 5.41) is 9.28. The van der Waals surface area contributed by atoms with Crippen molar-refractivity contribution in [1.29, 1.82) is 0 Å². The van der Waals surface area contributed by atoms with Gasteiger partial charge in [0.1, 0.15) is 0 Å². The van der Waals surface area contributed by atoms with E-state index in [1.807, 2.05) is 11.3 Å². The average Bonchev–Trinajstić information content (AvgIpc) is 3.91. The van der Waals surface area contributed by atoms with Gasteiger partial charge in [0.25, 0.3) is 0 Å². The Morgan fingerprint density at radius 1 is 0.545 bits per heavy atom. The Balaban J connectivity index is 1.11. The van der Waals surface area contributed by atoms with E-state index in [1.165, 1.54) is 103 Å². The number of nitrogens with zero attached hydrogens (tertiary/aromatic N) is 1. The molecule has 12 rings (SSSR count). The van der Waals surface area contributed by atoms with E-state index >= 15 is 0 Å². The highest BCUT2D eigenvalue weighted by Gasteiger charge is 2.35. The predicted molar refractivity (Wildman–Crippen MR) is 234 cm³/mol. The van der Waals surface area contributed by atoms with Crippen molar-refractivity contribution < 1.29 is 0 Å². The molecule has 0 saturated heterocycles. The van der Waals surface area contributed by atoms with E-state index in [9.17, 15) is 0 Å². The lowest BCUT2D eigenvalue weighted by Crippen LogP contribution is -2.31. The van der Waals surface area contributed by atoms with Crippen molar-refractivity contribution in [3.63, 3.8) is 0 Å². The molecule has 0 N–H and O–H groups in total. The van der Waals surface area contributed by atoms with Crippen LogP contribution in [0.2, 0.25) is 0 Å². The van der Waals surface area contributed by atoms with Crippen LogP contribution < -0.4 is 10.6 Å². The van der Waals surface area contributed by atoms with Gasteiger partial charge in [-0.25, -0.2) is 0 Å². The second kappa shape index (κ2) is 12.0. The maximum Gasteiger partial charge on any atom is 0.0541 e. The third kappa shape index (κ3) is 4.59. The van der Waals surface area contributed by atoms with Gasteiger partial charge in [0.05, 0.1) is 11.2 Å². The molecular formula is C53H35NS. The van der Waals surface area contributed by atoms with Crippen LogP contribution >= 0.6 is 11.3 Å². The van der Waals surface area contributed by atoms with Gasteiger partial charge in [0.15, 0.2) is 0 Å². The van der Waals surface area contributed by atoms with Gasteiger partial charge in [-0.3, -0.25) is 0 Å². The highest BCUT2D eigenvalue weighted by atomic mass is 32.1. The van der Waals surface area contributed by atoms with Gasteiger partial charge in [0, 0.05) is 53.3 Å². The number of rotatable bonds is 4. The molecule has 0 amide bonds. The molecule has 2 aliphatic carbocycles. The first-order valence-electron chi connectivity index (χ1n) is 19.3. The molecule has 2 unspecified atom stereocenters. The third-order valence-electron chi connectivity index (χ3n) is 12.2. The summed E-state index contributed by atoms with van der Waals surface area (Å²) in [5.41, 5.74) is 13.4. The van der Waals surface area contributed by atoms with Crippen molar-refractivity contribution in [1.82, 2.24) is 4.57 Å². The molecule has 55 heavy (non-hydrogen) atoms. The molecule has 0 fully saturated rings. The van der Waals surface area contributed by atoms with Crippen molar-refractivity contribution in [2.24, 2.45) is 0 Å². The van der Waals surface area contributed by atoms with E-state index in [0.717, 1.165) is 6.42 Å². The van der Waals surface area contributed by atoms with E-state index in [4.69, 9.17) is 0 Å². The van der Waals surface area contributed by atoms with Gasteiger partial charge in [0.2, 0.25) is 0 Å². The first-order chi connectivity index (χ1) is 27.3. The molecule has 2 aliphatic rings. The van der Waals surface area contributed by atoms with Crippen LogP contribution in [0.3, 0.4) is 0 Å². The summed E-state index contributed by atoms with van der Waals surface area (Å²) in [5.74, 6) is 0.393. The lowest BCUT2D eigenvalue weighted by atomic mass is 9.83. The second-order valence-corrected chi connectivity index (χ2v) is 16.2. The van der Waals surface area contributed by atoms with Crippen LogP contribution in [0, 0.1) is 0 Å². The summed E-state index contributed by atoms with van der Waals surface area (Å²) >= 11 is 1.97. The number of benzene rings is 8. The summed E-state index contributed by atoms with van der Waals surface area (Å²) in [4.78, 5) is 0. The van der Waals surface area contributed by atoms with Crippen LogP contribution in [0.15, 0.2) is 176 Å². The van der Waals surface area contributed by atoms with E-state index in [2.05, 4.69) is 193 Å². The van der Waals surface area contributed by atoms with E-state index in [0.29, 0.717) is 0 Å². The van der Waals surface area contributed by atoms with E-state index in [-0.39, 0.29) is 11.8 Å². The van der Waals surface area contributed by atoms with Crippen molar-refractivity contribution in [2.45, 2.75) is 18.3 Å². The van der Waals surface area contributed by atoms with Gasteiger partial charge in [-0.1, -0.05) is 164 Å². The number of hydrogen-bond donors (Lipinski definition) is 0. The molecule has 2 heterocycles. The quantitative estimate of drug-likeness (QED) is 0.171. The summed E-state index contributed by atoms with van der Waals surface area (Å²) in [6, 6.07) is 65.3. The highest BCUT2D eigenvalue weighted by molar-refractivity contribution is 7.26. The molecule has 0 bridgehead atoms. The zero-order valence-corrected chi connectivity index (χ0v) is 30.9. The topological polar surface area (TPSA) is 4.93 Å². The molecule has 0 spiro atoms. The maximum atomic E-state index is 2.59. The number of fused-ring (bicyclic) bond motifs is 11. The fourth-order valence-corrected chi connectivity index (χ4v) is 11.1. The first-order valence-corrected chi connectivity index (χ1v) is 20.1. The average molecular weight is 718 g/mol. The highest BCUT2D eigenvalue weighted by Crippen LogP contribution is 2.55. The summed E-state index contributed by atoms with van der Waals surface area (Å²) in [6.07, 6.45) is 6.05. The van der Waals surface area contributed by atoms with Crippen LogP contribution in [0.25, 0.3) is 81.9 Å². The molecule has 258 valence electrons. The molecule has 2 heteroatoms. The second-order valence-electron chi connectivity index (χ2n) is 15.1.